The Morgan fingerprint density at radius 3 is 1.85 bits per heavy atom. The summed E-state index contributed by atoms with van der Waals surface area (Å²) in [5.41, 5.74) is -0.241. The molecule has 2 nitrogen and oxygen atoms in total. The molecule has 4 heteroatoms. The van der Waals surface area contributed by atoms with Gasteiger partial charge in [0.05, 0.1) is 0 Å². The highest BCUT2D eigenvalue weighted by molar-refractivity contribution is 4.91. The Kier molecular flexibility index (Phi) is 2.92. The second-order valence-electron chi connectivity index (χ2n) is 4.60. The predicted molar refractivity (Wildman–Crippen MR) is 47.1 cm³/mol. The number of nitrogens with zero attached hydrogens (tertiary/aromatic N) is 1. The standard InChI is InChI=1S/C9H17F2NO/c1-9(2,3)12-4-6(10)8(13)7(11)5-12/h6-8,13H,4-5H2,1-3H3. The molecular formula is C9H17F2NO. The molecule has 1 rings (SSSR count). The molecule has 78 valence electrons. The van der Waals surface area contributed by atoms with Crippen molar-refractivity contribution in [3.63, 3.8) is 0 Å². The average molecular weight is 193 g/mol. The van der Waals surface area contributed by atoms with E-state index in [9.17, 15) is 8.78 Å². The van der Waals surface area contributed by atoms with E-state index >= 15 is 0 Å². The summed E-state index contributed by atoms with van der Waals surface area (Å²) in [6.45, 7) is 5.95. The van der Waals surface area contributed by atoms with E-state index in [2.05, 4.69) is 0 Å². The number of aliphatic hydroxyl groups is 1. The van der Waals surface area contributed by atoms with Gasteiger partial charge in [-0.1, -0.05) is 0 Å². The van der Waals surface area contributed by atoms with Gasteiger partial charge in [-0.25, -0.2) is 8.78 Å². The lowest BCUT2D eigenvalue weighted by Gasteiger charge is -2.42. The molecule has 2 unspecified atom stereocenters. The number of piperidine rings is 1. The normalized spacial score (nSPS) is 37.8. The Balaban J connectivity index is 2.64. The van der Waals surface area contributed by atoms with Crippen molar-refractivity contribution in [1.29, 1.82) is 0 Å². The maximum Gasteiger partial charge on any atom is 0.141 e. The first kappa shape index (κ1) is 10.9. The molecule has 0 bridgehead atoms. The van der Waals surface area contributed by atoms with Crippen LogP contribution in [0.4, 0.5) is 8.78 Å². The van der Waals surface area contributed by atoms with Gasteiger partial charge >= 0.3 is 0 Å². The van der Waals surface area contributed by atoms with Crippen LogP contribution in [0.2, 0.25) is 0 Å². The average Bonchev–Trinajstić information content (AvgIpc) is 1.97. The van der Waals surface area contributed by atoms with Crippen LogP contribution in [0.25, 0.3) is 0 Å². The molecule has 1 aliphatic heterocycles. The minimum Gasteiger partial charge on any atom is -0.387 e. The molecule has 0 radical (unpaired) electrons. The first-order valence-electron chi connectivity index (χ1n) is 4.53. The predicted octanol–water partition coefficient (Wildman–Crippen LogP) is 1.14. The molecule has 0 spiro atoms. The van der Waals surface area contributed by atoms with Crippen molar-refractivity contribution >= 4 is 0 Å². The second kappa shape index (κ2) is 3.50. The van der Waals surface area contributed by atoms with Gasteiger partial charge in [0.15, 0.2) is 0 Å². The fourth-order valence-electron chi connectivity index (χ4n) is 1.49. The van der Waals surface area contributed by atoms with Gasteiger partial charge in [-0.3, -0.25) is 4.90 Å². The molecule has 0 aromatic rings. The van der Waals surface area contributed by atoms with Crippen molar-refractivity contribution < 1.29 is 13.9 Å². The van der Waals surface area contributed by atoms with Crippen LogP contribution in [-0.4, -0.2) is 47.1 Å². The molecular weight excluding hydrogens is 176 g/mol. The van der Waals surface area contributed by atoms with E-state index in [4.69, 9.17) is 5.11 Å². The Hall–Kier alpha value is -0.220. The van der Waals surface area contributed by atoms with E-state index in [1.165, 1.54) is 0 Å². The van der Waals surface area contributed by atoms with Crippen molar-refractivity contribution in [2.45, 2.75) is 44.8 Å². The zero-order valence-corrected chi connectivity index (χ0v) is 8.30. The summed E-state index contributed by atoms with van der Waals surface area (Å²) in [5.74, 6) is 0. The zero-order valence-electron chi connectivity index (χ0n) is 8.30. The number of likely N-dealkylation sites (tertiary alicyclic amines) is 1. The van der Waals surface area contributed by atoms with Gasteiger partial charge in [0.1, 0.15) is 18.4 Å². The number of halogens is 2. The van der Waals surface area contributed by atoms with Gasteiger partial charge in [-0.15, -0.1) is 0 Å². The van der Waals surface area contributed by atoms with Gasteiger partial charge in [0, 0.05) is 18.6 Å². The highest BCUT2D eigenvalue weighted by Crippen LogP contribution is 2.23. The highest BCUT2D eigenvalue weighted by atomic mass is 19.1. The van der Waals surface area contributed by atoms with Gasteiger partial charge in [-0.2, -0.15) is 0 Å². The van der Waals surface area contributed by atoms with Crippen LogP contribution in [-0.2, 0) is 0 Å². The van der Waals surface area contributed by atoms with Crippen molar-refractivity contribution in [1.82, 2.24) is 4.90 Å². The van der Waals surface area contributed by atoms with Crippen LogP contribution in [0.15, 0.2) is 0 Å². The Labute approximate surface area is 77.5 Å². The Morgan fingerprint density at radius 1 is 1.15 bits per heavy atom. The summed E-state index contributed by atoms with van der Waals surface area (Å²) in [6, 6.07) is 0. The smallest absolute Gasteiger partial charge is 0.141 e. The third-order valence-electron chi connectivity index (χ3n) is 2.48. The molecule has 1 saturated heterocycles. The van der Waals surface area contributed by atoms with E-state index in [0.717, 1.165) is 0 Å². The summed E-state index contributed by atoms with van der Waals surface area (Å²) in [4.78, 5) is 1.72. The summed E-state index contributed by atoms with van der Waals surface area (Å²) in [5, 5.41) is 9.05. The van der Waals surface area contributed by atoms with E-state index in [0.29, 0.717) is 0 Å². The SMILES string of the molecule is CC(C)(C)N1CC(F)C(O)C(F)C1. The van der Waals surface area contributed by atoms with E-state index in [-0.39, 0.29) is 18.6 Å². The monoisotopic (exact) mass is 193 g/mol. The molecule has 0 aliphatic carbocycles. The molecule has 0 aromatic carbocycles. The lowest BCUT2D eigenvalue weighted by atomic mass is 9.97. The van der Waals surface area contributed by atoms with Gasteiger partial charge in [0.25, 0.3) is 0 Å². The first-order valence-corrected chi connectivity index (χ1v) is 4.53. The summed E-state index contributed by atoms with van der Waals surface area (Å²) < 4.78 is 26.2. The van der Waals surface area contributed by atoms with Crippen LogP contribution in [0.1, 0.15) is 20.8 Å². The zero-order chi connectivity index (χ0) is 10.2. The maximum atomic E-state index is 13.1. The summed E-state index contributed by atoms with van der Waals surface area (Å²) in [6.07, 6.45) is -4.38. The van der Waals surface area contributed by atoms with E-state index in [1.807, 2.05) is 20.8 Å². The molecule has 1 heterocycles. The molecule has 2 atom stereocenters. The lowest BCUT2D eigenvalue weighted by Crippen LogP contribution is -2.57. The largest absolute Gasteiger partial charge is 0.387 e. The molecule has 0 amide bonds. The third-order valence-corrected chi connectivity index (χ3v) is 2.48. The van der Waals surface area contributed by atoms with E-state index < -0.39 is 18.4 Å². The minimum atomic E-state index is -1.47. The minimum absolute atomic E-state index is 0.116. The Bertz CT molecular complexity index is 169. The quantitative estimate of drug-likeness (QED) is 0.623. The lowest BCUT2D eigenvalue weighted by molar-refractivity contribution is -0.0723. The Morgan fingerprint density at radius 2 is 1.54 bits per heavy atom. The van der Waals surface area contributed by atoms with Crippen LogP contribution < -0.4 is 0 Å². The van der Waals surface area contributed by atoms with E-state index in [1.54, 1.807) is 4.90 Å². The molecule has 13 heavy (non-hydrogen) atoms. The first-order chi connectivity index (χ1) is 5.82. The maximum absolute atomic E-state index is 13.1. The van der Waals surface area contributed by atoms with Gasteiger partial charge in [0.2, 0.25) is 0 Å². The fraction of sp³-hybridized carbons (Fsp3) is 1.00. The van der Waals surface area contributed by atoms with Crippen molar-refractivity contribution in [2.75, 3.05) is 13.1 Å². The van der Waals surface area contributed by atoms with Gasteiger partial charge in [-0.05, 0) is 20.8 Å². The fourth-order valence-corrected chi connectivity index (χ4v) is 1.49. The van der Waals surface area contributed by atoms with Crippen molar-refractivity contribution in [2.24, 2.45) is 0 Å². The molecule has 0 aromatic heterocycles. The van der Waals surface area contributed by atoms with Crippen molar-refractivity contribution in [3.8, 4) is 0 Å². The van der Waals surface area contributed by atoms with Crippen LogP contribution in [0, 0.1) is 0 Å². The third kappa shape index (κ3) is 2.38. The van der Waals surface area contributed by atoms with Crippen LogP contribution >= 0.6 is 0 Å². The molecule has 1 aliphatic rings. The van der Waals surface area contributed by atoms with Crippen LogP contribution in [0.3, 0.4) is 0 Å². The molecule has 1 N–H and O–H groups in total. The highest BCUT2D eigenvalue weighted by Gasteiger charge is 2.39. The number of hydrogen-bond donors (Lipinski definition) is 1. The van der Waals surface area contributed by atoms with Crippen molar-refractivity contribution in [3.05, 3.63) is 0 Å². The molecule has 0 saturated carbocycles. The van der Waals surface area contributed by atoms with Crippen LogP contribution in [0.5, 0.6) is 0 Å². The molecule has 1 fully saturated rings. The number of aliphatic hydroxyl groups excluding tert-OH is 1. The number of rotatable bonds is 0. The summed E-state index contributed by atoms with van der Waals surface area (Å²) >= 11 is 0. The summed E-state index contributed by atoms with van der Waals surface area (Å²) in [7, 11) is 0. The van der Waals surface area contributed by atoms with Gasteiger partial charge < -0.3 is 5.11 Å². The second-order valence-corrected chi connectivity index (χ2v) is 4.60. The number of alkyl halides is 2. The topological polar surface area (TPSA) is 23.5 Å². The number of hydrogen-bond acceptors (Lipinski definition) is 2.